The van der Waals surface area contributed by atoms with Gasteiger partial charge in [0, 0.05) is 11.3 Å². The Labute approximate surface area is 161 Å². The second-order valence-electron chi connectivity index (χ2n) is 6.75. The molecule has 0 amide bonds. The predicted molar refractivity (Wildman–Crippen MR) is 115 cm³/mol. The molecule has 4 heteroatoms. The molecule has 0 unspecified atom stereocenters. The topological polar surface area (TPSA) is 29.3 Å². The van der Waals surface area contributed by atoms with Gasteiger partial charge in [0.2, 0.25) is 0 Å². The zero-order valence-electron chi connectivity index (χ0n) is 15.2. The van der Waals surface area contributed by atoms with Gasteiger partial charge in [-0.2, -0.15) is 0 Å². The Bertz CT molecular complexity index is 1250. The predicted octanol–water partition coefficient (Wildman–Crippen LogP) is 6.58. The highest BCUT2D eigenvalue weighted by Gasteiger charge is 2.19. The third kappa shape index (κ3) is 2.61. The van der Waals surface area contributed by atoms with Crippen LogP contribution in [0.3, 0.4) is 0 Å². The fraction of sp³-hybridized carbons (Fsp3) is 0.0870. The van der Waals surface area contributed by atoms with Crippen LogP contribution in [0.1, 0.15) is 11.1 Å². The number of aryl methyl sites for hydroxylation is 2. The van der Waals surface area contributed by atoms with E-state index in [0.717, 1.165) is 27.7 Å². The minimum Gasteiger partial charge on any atom is -0.339 e. The van der Waals surface area contributed by atoms with Gasteiger partial charge in [-0.05, 0) is 37.1 Å². The lowest BCUT2D eigenvalue weighted by molar-refractivity contribution is 1.26. The smallest absolute Gasteiger partial charge is 0.197 e. The summed E-state index contributed by atoms with van der Waals surface area (Å²) in [5.41, 5.74) is 6.88. The molecule has 0 bridgehead atoms. The van der Waals surface area contributed by atoms with Crippen LogP contribution in [-0.2, 0) is 0 Å². The number of anilines is 2. The minimum absolute atomic E-state index is 0.982. The average Bonchev–Trinajstić information content (AvgIpc) is 3.22. The van der Waals surface area contributed by atoms with Crippen LogP contribution >= 0.6 is 11.3 Å². The number of hydrogen-bond acceptors (Lipinski definition) is 3. The summed E-state index contributed by atoms with van der Waals surface area (Å²) in [6.45, 7) is 4.28. The van der Waals surface area contributed by atoms with Gasteiger partial charge in [0.1, 0.15) is 11.5 Å². The zero-order chi connectivity index (χ0) is 18.4. The molecule has 2 heterocycles. The van der Waals surface area contributed by atoms with E-state index in [0.29, 0.717) is 0 Å². The van der Waals surface area contributed by atoms with E-state index in [1.54, 1.807) is 11.3 Å². The lowest BCUT2D eigenvalue weighted by atomic mass is 10.1. The number of nitrogens with one attached hydrogen (secondary N) is 1. The summed E-state index contributed by atoms with van der Waals surface area (Å²) in [5.74, 6) is 1.02. The first kappa shape index (κ1) is 16.1. The van der Waals surface area contributed by atoms with Gasteiger partial charge < -0.3 is 5.32 Å². The van der Waals surface area contributed by atoms with Crippen molar-refractivity contribution >= 4 is 38.0 Å². The van der Waals surface area contributed by atoms with E-state index in [1.807, 2.05) is 6.07 Å². The Balaban J connectivity index is 1.81. The second-order valence-corrected chi connectivity index (χ2v) is 7.76. The largest absolute Gasteiger partial charge is 0.339 e. The third-order valence-corrected chi connectivity index (χ3v) is 5.95. The number of hydrogen-bond donors (Lipinski definition) is 1. The van der Waals surface area contributed by atoms with Crippen LogP contribution < -0.4 is 5.32 Å². The number of aromatic nitrogens is 2. The molecule has 132 valence electrons. The maximum atomic E-state index is 4.99. The lowest BCUT2D eigenvalue weighted by Gasteiger charge is -2.14. The zero-order valence-corrected chi connectivity index (χ0v) is 16.0. The summed E-state index contributed by atoms with van der Waals surface area (Å²) in [4.78, 5) is 6.00. The molecule has 2 aromatic heterocycles. The molecule has 0 radical (unpaired) electrons. The molecule has 5 aromatic rings. The van der Waals surface area contributed by atoms with Crippen molar-refractivity contribution in [1.82, 2.24) is 9.38 Å². The molecule has 0 saturated heterocycles. The van der Waals surface area contributed by atoms with Crippen molar-refractivity contribution in [2.75, 3.05) is 5.32 Å². The van der Waals surface area contributed by atoms with Gasteiger partial charge in [0.05, 0.1) is 10.2 Å². The molecule has 0 spiro atoms. The van der Waals surface area contributed by atoms with E-state index >= 15 is 0 Å². The third-order valence-electron chi connectivity index (χ3n) is 4.93. The van der Waals surface area contributed by atoms with E-state index < -0.39 is 0 Å². The summed E-state index contributed by atoms with van der Waals surface area (Å²) in [5, 5.41) is 3.72. The number of benzene rings is 3. The minimum atomic E-state index is 0.982. The highest BCUT2D eigenvalue weighted by atomic mass is 32.1. The van der Waals surface area contributed by atoms with Gasteiger partial charge in [0.15, 0.2) is 4.96 Å². The Morgan fingerprint density at radius 3 is 2.30 bits per heavy atom. The van der Waals surface area contributed by atoms with Gasteiger partial charge in [-0.15, -0.1) is 0 Å². The summed E-state index contributed by atoms with van der Waals surface area (Å²) in [6.07, 6.45) is 0. The van der Waals surface area contributed by atoms with E-state index in [4.69, 9.17) is 4.98 Å². The molecule has 1 N–H and O–H groups in total. The van der Waals surface area contributed by atoms with Crippen molar-refractivity contribution in [1.29, 1.82) is 0 Å². The highest BCUT2D eigenvalue weighted by Crippen LogP contribution is 2.38. The van der Waals surface area contributed by atoms with Crippen molar-refractivity contribution in [2.45, 2.75) is 13.8 Å². The standard InChI is InChI=1S/C23H19N3S/c1-15-9-8-10-16(2)20(15)24-22-21(17-11-4-3-5-12-17)25-23-26(22)18-13-6-7-14-19(18)27-23/h3-14,24H,1-2H3. The quantitative estimate of drug-likeness (QED) is 0.389. The molecule has 3 nitrogen and oxygen atoms in total. The van der Waals surface area contributed by atoms with Gasteiger partial charge in [-0.3, -0.25) is 4.40 Å². The van der Waals surface area contributed by atoms with Crippen LogP contribution in [-0.4, -0.2) is 9.38 Å². The number of para-hydroxylation sites is 2. The van der Waals surface area contributed by atoms with Crippen LogP contribution in [0.5, 0.6) is 0 Å². The Morgan fingerprint density at radius 1 is 0.815 bits per heavy atom. The van der Waals surface area contributed by atoms with Crippen molar-refractivity contribution < 1.29 is 0 Å². The fourth-order valence-corrected chi connectivity index (χ4v) is 4.59. The molecule has 0 saturated carbocycles. The normalized spacial score (nSPS) is 11.3. The number of thiazole rings is 1. The van der Waals surface area contributed by atoms with E-state index in [-0.39, 0.29) is 0 Å². The van der Waals surface area contributed by atoms with Gasteiger partial charge in [0.25, 0.3) is 0 Å². The SMILES string of the molecule is Cc1cccc(C)c1Nc1c(-c2ccccc2)nc2sc3ccccc3n12. The Kier molecular flexibility index (Phi) is 3.73. The molecule has 5 rings (SSSR count). The van der Waals surface area contributed by atoms with E-state index in [9.17, 15) is 0 Å². The molecule has 0 atom stereocenters. The first-order chi connectivity index (χ1) is 13.2. The average molecular weight is 369 g/mol. The molecule has 27 heavy (non-hydrogen) atoms. The maximum absolute atomic E-state index is 4.99. The van der Waals surface area contributed by atoms with Crippen LogP contribution in [0.25, 0.3) is 26.4 Å². The summed E-state index contributed by atoms with van der Waals surface area (Å²) in [6, 6.07) is 25.2. The summed E-state index contributed by atoms with van der Waals surface area (Å²) >= 11 is 1.72. The second kappa shape index (κ2) is 6.25. The molecule has 0 aliphatic carbocycles. The molecule has 0 fully saturated rings. The summed E-state index contributed by atoms with van der Waals surface area (Å²) in [7, 11) is 0. The Morgan fingerprint density at radius 2 is 1.52 bits per heavy atom. The number of fused-ring (bicyclic) bond motifs is 3. The van der Waals surface area contributed by atoms with Crippen molar-refractivity contribution in [3.8, 4) is 11.3 Å². The van der Waals surface area contributed by atoms with E-state index in [2.05, 4.69) is 90.3 Å². The molecule has 0 aliphatic rings. The lowest BCUT2D eigenvalue weighted by Crippen LogP contribution is -2.00. The monoisotopic (exact) mass is 369 g/mol. The fourth-order valence-electron chi connectivity index (χ4n) is 3.56. The van der Waals surface area contributed by atoms with Crippen LogP contribution in [0.4, 0.5) is 11.5 Å². The number of imidazole rings is 1. The first-order valence-corrected chi connectivity index (χ1v) is 9.82. The van der Waals surface area contributed by atoms with Crippen LogP contribution in [0, 0.1) is 13.8 Å². The van der Waals surface area contributed by atoms with Crippen LogP contribution in [0.15, 0.2) is 72.8 Å². The number of nitrogens with zero attached hydrogens (tertiary/aromatic N) is 2. The first-order valence-electron chi connectivity index (χ1n) is 9.01. The van der Waals surface area contributed by atoms with Crippen molar-refractivity contribution in [2.24, 2.45) is 0 Å². The Hall–Kier alpha value is -3.11. The molecular weight excluding hydrogens is 350 g/mol. The van der Waals surface area contributed by atoms with Gasteiger partial charge in [-0.25, -0.2) is 4.98 Å². The van der Waals surface area contributed by atoms with Crippen LogP contribution in [0.2, 0.25) is 0 Å². The van der Waals surface area contributed by atoms with Gasteiger partial charge in [-0.1, -0.05) is 72.0 Å². The maximum Gasteiger partial charge on any atom is 0.197 e. The number of rotatable bonds is 3. The van der Waals surface area contributed by atoms with Crippen molar-refractivity contribution in [3.63, 3.8) is 0 Å². The molecule has 3 aromatic carbocycles. The summed E-state index contributed by atoms with van der Waals surface area (Å²) < 4.78 is 3.48. The van der Waals surface area contributed by atoms with Gasteiger partial charge >= 0.3 is 0 Å². The molecule has 0 aliphatic heterocycles. The van der Waals surface area contributed by atoms with E-state index in [1.165, 1.54) is 21.3 Å². The molecular formula is C23H19N3S. The highest BCUT2D eigenvalue weighted by molar-refractivity contribution is 7.23. The van der Waals surface area contributed by atoms with Crippen molar-refractivity contribution in [3.05, 3.63) is 83.9 Å².